The van der Waals surface area contributed by atoms with Crippen LogP contribution in [-0.4, -0.2) is 32.9 Å². The van der Waals surface area contributed by atoms with Crippen LogP contribution in [0.4, 0.5) is 0 Å². The molecule has 0 aromatic heterocycles. The summed E-state index contributed by atoms with van der Waals surface area (Å²) >= 11 is 1.68. The van der Waals surface area contributed by atoms with Crippen LogP contribution in [0.5, 0.6) is 0 Å². The summed E-state index contributed by atoms with van der Waals surface area (Å²) in [6.45, 7) is 0.573. The van der Waals surface area contributed by atoms with Crippen LogP contribution in [0.2, 0.25) is 0 Å². The summed E-state index contributed by atoms with van der Waals surface area (Å²) in [7, 11) is -3.06. The second-order valence-electron chi connectivity index (χ2n) is 5.18. The summed E-state index contributed by atoms with van der Waals surface area (Å²) in [6.07, 6.45) is 1.19. The lowest BCUT2D eigenvalue weighted by Crippen LogP contribution is -2.25. The van der Waals surface area contributed by atoms with Crippen molar-refractivity contribution in [1.29, 1.82) is 0 Å². The van der Waals surface area contributed by atoms with Gasteiger partial charge in [0.2, 0.25) is 0 Å². The Labute approximate surface area is 141 Å². The summed E-state index contributed by atoms with van der Waals surface area (Å²) in [4.78, 5) is 13.2. The lowest BCUT2D eigenvalue weighted by molar-refractivity contribution is 0.0956. The number of thioether (sulfide) groups is 1. The first-order valence-corrected chi connectivity index (χ1v) is 10.2. The molecule has 0 atom stereocenters. The minimum absolute atomic E-state index is 0.0113. The molecule has 0 fully saturated rings. The van der Waals surface area contributed by atoms with Crippen molar-refractivity contribution >= 4 is 27.5 Å². The number of hydrogen-bond acceptors (Lipinski definition) is 4. The third-order valence-electron chi connectivity index (χ3n) is 3.04. The van der Waals surface area contributed by atoms with Crippen LogP contribution in [0, 0.1) is 0 Å². The van der Waals surface area contributed by atoms with Crippen LogP contribution < -0.4 is 5.32 Å². The van der Waals surface area contributed by atoms with Crippen molar-refractivity contribution < 1.29 is 13.2 Å². The van der Waals surface area contributed by atoms with Gasteiger partial charge < -0.3 is 5.32 Å². The largest absolute Gasteiger partial charge is 0.351 e. The van der Waals surface area contributed by atoms with Gasteiger partial charge in [0, 0.05) is 29.0 Å². The average molecular weight is 349 g/mol. The van der Waals surface area contributed by atoms with Gasteiger partial charge in [0.05, 0.1) is 5.75 Å². The third kappa shape index (κ3) is 6.46. The zero-order chi connectivity index (χ0) is 16.7. The number of hydrogen-bond donors (Lipinski definition) is 1. The van der Waals surface area contributed by atoms with Gasteiger partial charge in [0.1, 0.15) is 0 Å². The van der Waals surface area contributed by atoms with E-state index in [-0.39, 0.29) is 11.7 Å². The lowest BCUT2D eigenvalue weighted by atomic mass is 10.1. The van der Waals surface area contributed by atoms with Crippen LogP contribution in [0.3, 0.4) is 0 Å². The van der Waals surface area contributed by atoms with E-state index >= 15 is 0 Å². The highest BCUT2D eigenvalue weighted by atomic mass is 32.2. The van der Waals surface area contributed by atoms with Gasteiger partial charge in [-0.2, -0.15) is 0 Å². The molecule has 0 heterocycles. The quantitative estimate of drug-likeness (QED) is 0.617. The summed E-state index contributed by atoms with van der Waals surface area (Å²) in [6, 6.07) is 16.7. The first-order valence-electron chi connectivity index (χ1n) is 7.17. The second-order valence-corrected chi connectivity index (χ2v) is 8.49. The molecule has 1 N–H and O–H groups in total. The average Bonchev–Trinajstić information content (AvgIpc) is 2.51. The van der Waals surface area contributed by atoms with Crippen LogP contribution >= 0.6 is 11.8 Å². The molecule has 23 heavy (non-hydrogen) atoms. The predicted octanol–water partition coefficient (Wildman–Crippen LogP) is 2.75. The molecule has 0 aliphatic rings. The minimum atomic E-state index is -3.06. The Kier molecular flexibility index (Phi) is 6.24. The van der Waals surface area contributed by atoms with E-state index in [9.17, 15) is 13.2 Å². The van der Waals surface area contributed by atoms with Crippen molar-refractivity contribution in [3.8, 4) is 0 Å². The fraction of sp³-hybridized carbons (Fsp3) is 0.235. The molecule has 0 saturated heterocycles. The highest BCUT2D eigenvalue weighted by Gasteiger charge is 2.07. The van der Waals surface area contributed by atoms with Crippen molar-refractivity contribution in [2.45, 2.75) is 10.6 Å². The van der Waals surface area contributed by atoms with E-state index in [0.29, 0.717) is 17.7 Å². The van der Waals surface area contributed by atoms with Gasteiger partial charge in [-0.05, 0) is 29.8 Å². The Morgan fingerprint density at radius 2 is 1.70 bits per heavy atom. The van der Waals surface area contributed by atoms with Crippen LogP contribution in [0.15, 0.2) is 59.5 Å². The maximum atomic E-state index is 12.0. The van der Waals surface area contributed by atoms with Gasteiger partial charge in [-0.25, -0.2) is 8.42 Å². The molecule has 2 rings (SSSR count). The molecule has 0 aliphatic heterocycles. The number of amides is 1. The molecular weight excluding hydrogens is 330 g/mol. The highest BCUT2D eigenvalue weighted by Crippen LogP contribution is 2.15. The molecule has 0 spiro atoms. The maximum absolute atomic E-state index is 12.0. The molecule has 4 nitrogen and oxygen atoms in total. The van der Waals surface area contributed by atoms with Crippen molar-refractivity contribution in [3.63, 3.8) is 0 Å². The zero-order valence-electron chi connectivity index (χ0n) is 12.9. The van der Waals surface area contributed by atoms with Crippen LogP contribution in [0.1, 0.15) is 15.9 Å². The molecule has 0 aliphatic carbocycles. The predicted molar refractivity (Wildman–Crippen MR) is 94.5 cm³/mol. The van der Waals surface area contributed by atoms with E-state index in [2.05, 4.69) is 5.32 Å². The summed E-state index contributed by atoms with van der Waals surface area (Å²) < 4.78 is 22.5. The number of sulfone groups is 1. The molecule has 6 heteroatoms. The third-order valence-corrected chi connectivity index (χ3v) is 4.92. The monoisotopic (exact) mass is 349 g/mol. The molecule has 2 aromatic rings. The van der Waals surface area contributed by atoms with Crippen molar-refractivity contribution in [2.75, 3.05) is 18.6 Å². The Morgan fingerprint density at radius 3 is 2.30 bits per heavy atom. The number of rotatable bonds is 7. The molecule has 0 bridgehead atoms. The fourth-order valence-electron chi connectivity index (χ4n) is 2.01. The first-order chi connectivity index (χ1) is 10.9. The standard InChI is InChI=1S/C17H19NO3S2/c1-23(20,21)13-14-7-9-15(10-8-14)17(19)18-11-12-22-16-5-3-2-4-6-16/h2-10H,11-13H2,1H3,(H,18,19). The van der Waals surface area contributed by atoms with Gasteiger partial charge >= 0.3 is 0 Å². The first kappa shape index (κ1) is 17.6. The number of carbonyl (C=O) groups excluding carboxylic acids is 1. The molecule has 122 valence electrons. The van der Waals surface area contributed by atoms with Gasteiger partial charge in [-0.15, -0.1) is 11.8 Å². The van der Waals surface area contributed by atoms with E-state index in [1.165, 1.54) is 11.2 Å². The number of benzene rings is 2. The minimum Gasteiger partial charge on any atom is -0.351 e. The Morgan fingerprint density at radius 1 is 1.04 bits per heavy atom. The SMILES string of the molecule is CS(=O)(=O)Cc1ccc(C(=O)NCCSc2ccccc2)cc1. The fourth-order valence-corrected chi connectivity index (χ4v) is 3.59. The lowest BCUT2D eigenvalue weighted by Gasteiger charge is -2.06. The molecule has 0 radical (unpaired) electrons. The van der Waals surface area contributed by atoms with E-state index < -0.39 is 9.84 Å². The smallest absolute Gasteiger partial charge is 0.251 e. The van der Waals surface area contributed by atoms with E-state index in [1.54, 1.807) is 36.0 Å². The van der Waals surface area contributed by atoms with Crippen molar-refractivity contribution in [2.24, 2.45) is 0 Å². The second kappa shape index (κ2) is 8.17. The van der Waals surface area contributed by atoms with Crippen molar-refractivity contribution in [3.05, 3.63) is 65.7 Å². The van der Waals surface area contributed by atoms with Gasteiger partial charge in [-0.3, -0.25) is 4.79 Å². The Hall–Kier alpha value is -1.79. The Balaban J connectivity index is 1.79. The molecule has 1 amide bonds. The molecule has 2 aromatic carbocycles. The van der Waals surface area contributed by atoms with E-state index in [4.69, 9.17) is 0 Å². The van der Waals surface area contributed by atoms with Crippen LogP contribution in [0.25, 0.3) is 0 Å². The van der Waals surface area contributed by atoms with Gasteiger partial charge in [0.25, 0.3) is 5.91 Å². The number of nitrogens with one attached hydrogen (secondary N) is 1. The topological polar surface area (TPSA) is 63.2 Å². The molecule has 0 saturated carbocycles. The normalized spacial score (nSPS) is 11.2. The van der Waals surface area contributed by atoms with E-state index in [1.807, 2.05) is 30.3 Å². The molecule has 0 unspecified atom stereocenters. The number of carbonyl (C=O) groups is 1. The van der Waals surface area contributed by atoms with Crippen LogP contribution in [-0.2, 0) is 15.6 Å². The zero-order valence-corrected chi connectivity index (χ0v) is 14.5. The summed E-state index contributed by atoms with van der Waals surface area (Å²) in [5, 5.41) is 2.86. The van der Waals surface area contributed by atoms with E-state index in [0.717, 1.165) is 5.75 Å². The van der Waals surface area contributed by atoms with Crippen molar-refractivity contribution in [1.82, 2.24) is 5.32 Å². The highest BCUT2D eigenvalue weighted by molar-refractivity contribution is 7.99. The van der Waals surface area contributed by atoms with Gasteiger partial charge in [0.15, 0.2) is 9.84 Å². The summed E-state index contributed by atoms with van der Waals surface area (Å²) in [5.74, 6) is 0.634. The summed E-state index contributed by atoms with van der Waals surface area (Å²) in [5.41, 5.74) is 1.22. The molecular formula is C17H19NO3S2. The maximum Gasteiger partial charge on any atom is 0.251 e. The van der Waals surface area contributed by atoms with Gasteiger partial charge in [-0.1, -0.05) is 30.3 Å². The Bertz CT molecular complexity index is 741.